The highest BCUT2D eigenvalue weighted by atomic mass is 15.1. The van der Waals surface area contributed by atoms with Gasteiger partial charge in [-0.1, -0.05) is 50.3 Å². The van der Waals surface area contributed by atoms with Gasteiger partial charge in [0.2, 0.25) is 0 Å². The quantitative estimate of drug-likeness (QED) is 0.118. The van der Waals surface area contributed by atoms with Crippen LogP contribution in [0.15, 0.2) is 66.9 Å². The van der Waals surface area contributed by atoms with Gasteiger partial charge in [0.1, 0.15) is 11.5 Å². The summed E-state index contributed by atoms with van der Waals surface area (Å²) in [6.07, 6.45) is 13.8. The Morgan fingerprint density at radius 3 is 2.06 bits per heavy atom. The summed E-state index contributed by atoms with van der Waals surface area (Å²) in [4.78, 5) is 38.9. The molecule has 10 nitrogen and oxygen atoms in total. The number of fused-ring (bicyclic) bond motifs is 4. The maximum absolute atomic E-state index is 5.00. The zero-order chi connectivity index (χ0) is 36.3. The lowest BCUT2D eigenvalue weighted by molar-refractivity contribution is 0.184. The van der Waals surface area contributed by atoms with E-state index in [1.165, 1.54) is 79.7 Å². The number of aromatic nitrogens is 8. The molecule has 4 N–H and O–H groups in total. The van der Waals surface area contributed by atoms with Crippen molar-refractivity contribution in [1.82, 2.24) is 49.7 Å². The van der Waals surface area contributed by atoms with Gasteiger partial charge >= 0.3 is 0 Å². The van der Waals surface area contributed by atoms with Crippen LogP contribution in [-0.4, -0.2) is 75.9 Å². The van der Waals surface area contributed by atoms with E-state index in [-0.39, 0.29) is 0 Å². The summed E-state index contributed by atoms with van der Waals surface area (Å²) < 4.78 is 0. The van der Waals surface area contributed by atoms with E-state index in [1.807, 2.05) is 13.1 Å². The molecule has 0 unspecified atom stereocenters. The molecule has 0 atom stereocenters. The molecule has 0 saturated heterocycles. The highest BCUT2D eigenvalue weighted by molar-refractivity contribution is 5.97. The van der Waals surface area contributed by atoms with Crippen molar-refractivity contribution in [3.63, 3.8) is 0 Å². The lowest BCUT2D eigenvalue weighted by Gasteiger charge is -2.31. The van der Waals surface area contributed by atoms with Gasteiger partial charge in [-0.05, 0) is 100 Å². The summed E-state index contributed by atoms with van der Waals surface area (Å²) in [5.74, 6) is 1.48. The van der Waals surface area contributed by atoms with Crippen molar-refractivity contribution in [3.8, 4) is 34.0 Å². The average Bonchev–Trinajstić information content (AvgIpc) is 4.03. The first-order valence-corrected chi connectivity index (χ1v) is 19.8. The maximum Gasteiger partial charge on any atom is 0.179 e. The average molecular weight is 717 g/mol. The van der Waals surface area contributed by atoms with Gasteiger partial charge < -0.3 is 19.9 Å². The van der Waals surface area contributed by atoms with Crippen LogP contribution in [0, 0.1) is 6.92 Å². The Labute approximate surface area is 314 Å². The van der Waals surface area contributed by atoms with Gasteiger partial charge in [-0.2, -0.15) is 0 Å². The van der Waals surface area contributed by atoms with E-state index < -0.39 is 0 Å². The highest BCUT2D eigenvalue weighted by Gasteiger charge is 2.22. The minimum absolute atomic E-state index is 0.651. The van der Waals surface area contributed by atoms with E-state index in [2.05, 4.69) is 109 Å². The van der Waals surface area contributed by atoms with Crippen molar-refractivity contribution in [2.45, 2.75) is 89.9 Å². The van der Waals surface area contributed by atoms with Crippen molar-refractivity contribution in [2.24, 2.45) is 0 Å². The number of hydrogen-bond donors (Lipinski definition) is 4. The van der Waals surface area contributed by atoms with E-state index in [0.717, 1.165) is 63.5 Å². The summed E-state index contributed by atoms with van der Waals surface area (Å²) in [6.45, 7) is 3.90. The normalized spacial score (nSPS) is 16.1. The van der Waals surface area contributed by atoms with Crippen LogP contribution in [0.1, 0.15) is 74.7 Å². The fourth-order valence-electron chi connectivity index (χ4n) is 9.24. The summed E-state index contributed by atoms with van der Waals surface area (Å²) in [7, 11) is 4.54. The summed E-state index contributed by atoms with van der Waals surface area (Å²) >= 11 is 0. The van der Waals surface area contributed by atoms with Crippen molar-refractivity contribution >= 4 is 44.1 Å². The minimum atomic E-state index is 0.651. The van der Waals surface area contributed by atoms with E-state index in [4.69, 9.17) is 15.0 Å². The van der Waals surface area contributed by atoms with E-state index in [0.29, 0.717) is 34.9 Å². The van der Waals surface area contributed by atoms with Crippen molar-refractivity contribution < 1.29 is 0 Å². The fraction of sp³-hybridized carbons (Fsp3) is 0.364. The second-order valence-corrected chi connectivity index (χ2v) is 16.0. The van der Waals surface area contributed by atoms with Crippen LogP contribution in [0.3, 0.4) is 0 Å². The molecule has 274 valence electrons. The van der Waals surface area contributed by atoms with E-state index >= 15 is 0 Å². The topological polar surface area (TPSA) is 121 Å². The van der Waals surface area contributed by atoms with E-state index in [9.17, 15) is 0 Å². The van der Waals surface area contributed by atoms with Gasteiger partial charge in [0, 0.05) is 75.7 Å². The molecule has 0 radical (unpaired) electrons. The molecule has 0 bridgehead atoms. The monoisotopic (exact) mass is 716 g/mol. The second kappa shape index (κ2) is 13.5. The first-order valence-electron chi connectivity index (χ1n) is 19.8. The van der Waals surface area contributed by atoms with Crippen LogP contribution < -0.4 is 0 Å². The minimum Gasteiger partial charge on any atom is -0.354 e. The van der Waals surface area contributed by atoms with Gasteiger partial charge in [0.15, 0.2) is 17.1 Å². The van der Waals surface area contributed by atoms with Crippen LogP contribution in [0.25, 0.3) is 78.2 Å². The van der Waals surface area contributed by atoms with Crippen molar-refractivity contribution in [2.75, 3.05) is 14.1 Å². The Bertz CT molecular complexity index is 2630. The number of nitrogens with one attached hydrogen (secondary N) is 4. The van der Waals surface area contributed by atoms with Crippen LogP contribution in [0.4, 0.5) is 0 Å². The summed E-state index contributed by atoms with van der Waals surface area (Å²) in [5, 5.41) is 2.39. The first kappa shape index (κ1) is 33.3. The number of nitrogens with zero attached hydrogens (tertiary/aromatic N) is 6. The predicted octanol–water partition coefficient (Wildman–Crippen LogP) is 9.64. The molecule has 2 aliphatic carbocycles. The molecule has 2 aliphatic rings. The molecular weight excluding hydrogens is 669 g/mol. The standard InChI is InChI=1S/C44H48N10/c1-26-46-41-34(38-21-29-15-13-28(20-36(29)49-38)25-54(3)32-11-7-8-12-32)23-39(50-44(41)47-26)42-51-40-33(17-18-45-43(40)52-42)37-22-30-19-27(14-16-35(30)48-37)24-53(2)31-9-5-4-6-10-31/h13-23,31-32,48-49H,4-12,24-25H2,1-3H3,(H,45,51,52)(H,46,47,50). The highest BCUT2D eigenvalue weighted by Crippen LogP contribution is 2.35. The summed E-state index contributed by atoms with van der Waals surface area (Å²) in [5.41, 5.74) is 12.8. The number of rotatable bonds is 9. The lowest BCUT2D eigenvalue weighted by Crippen LogP contribution is -2.32. The molecule has 0 spiro atoms. The maximum atomic E-state index is 5.00. The largest absolute Gasteiger partial charge is 0.354 e. The SMILES string of the molecule is Cc1nc2nc(-c3nc4nccc(-c5cc6cc(CN(C)C7CCCCC7)ccc6[nH]5)c4[nH]3)cc(-c3cc4ccc(CN(C)C5CCCC5)cc4[nH]3)c2[nH]1. The Kier molecular flexibility index (Phi) is 8.32. The Hall–Kier alpha value is -5.32. The molecule has 2 aromatic carbocycles. The fourth-order valence-corrected chi connectivity index (χ4v) is 9.24. The third kappa shape index (κ3) is 6.17. The zero-order valence-electron chi connectivity index (χ0n) is 31.5. The first-order chi connectivity index (χ1) is 26.4. The third-order valence-electron chi connectivity index (χ3n) is 12.2. The van der Waals surface area contributed by atoms with Crippen molar-refractivity contribution in [1.29, 1.82) is 0 Å². The van der Waals surface area contributed by atoms with Gasteiger partial charge in [-0.25, -0.2) is 19.9 Å². The van der Waals surface area contributed by atoms with Crippen LogP contribution >= 0.6 is 0 Å². The van der Waals surface area contributed by atoms with Crippen LogP contribution in [-0.2, 0) is 13.1 Å². The number of H-pyrrole nitrogens is 4. The lowest BCUT2D eigenvalue weighted by atomic mass is 9.94. The summed E-state index contributed by atoms with van der Waals surface area (Å²) in [6, 6.07) is 23.6. The second-order valence-electron chi connectivity index (χ2n) is 16.0. The molecular formula is C44H48N10. The number of benzene rings is 2. The third-order valence-corrected chi connectivity index (χ3v) is 12.2. The predicted molar refractivity (Wildman–Crippen MR) is 218 cm³/mol. The van der Waals surface area contributed by atoms with Crippen LogP contribution in [0.2, 0.25) is 0 Å². The van der Waals surface area contributed by atoms with Crippen molar-refractivity contribution in [3.05, 3.63) is 83.8 Å². The number of imidazole rings is 2. The molecule has 8 aromatic rings. The number of aromatic amines is 4. The number of aryl methyl sites for hydroxylation is 1. The molecule has 6 heterocycles. The number of hydrogen-bond acceptors (Lipinski definition) is 6. The molecule has 2 fully saturated rings. The van der Waals surface area contributed by atoms with E-state index in [1.54, 1.807) is 0 Å². The van der Waals surface area contributed by atoms with Crippen LogP contribution in [0.5, 0.6) is 0 Å². The molecule has 0 aliphatic heterocycles. The Morgan fingerprint density at radius 1 is 0.593 bits per heavy atom. The van der Waals surface area contributed by atoms with Gasteiger partial charge in [-0.3, -0.25) is 9.80 Å². The smallest absolute Gasteiger partial charge is 0.179 e. The number of pyridine rings is 2. The zero-order valence-corrected chi connectivity index (χ0v) is 31.5. The van der Waals surface area contributed by atoms with Gasteiger partial charge in [0.05, 0.1) is 11.0 Å². The van der Waals surface area contributed by atoms with Gasteiger partial charge in [0.25, 0.3) is 0 Å². The molecule has 2 saturated carbocycles. The molecule has 54 heavy (non-hydrogen) atoms. The molecule has 10 rings (SSSR count). The van der Waals surface area contributed by atoms with Gasteiger partial charge in [-0.15, -0.1) is 0 Å². The molecule has 10 heteroatoms. The Balaban J connectivity index is 0.973. The molecule has 6 aromatic heterocycles. The molecule has 0 amide bonds. The Morgan fingerprint density at radius 2 is 1.26 bits per heavy atom.